The van der Waals surface area contributed by atoms with Crippen LogP contribution >= 0.6 is 0 Å². The Kier molecular flexibility index (Phi) is 4.26. The van der Waals surface area contributed by atoms with Gasteiger partial charge >= 0.3 is 0 Å². The fourth-order valence-corrected chi connectivity index (χ4v) is 4.55. The van der Waals surface area contributed by atoms with Gasteiger partial charge in [0.15, 0.2) is 15.6 Å². The Balaban J connectivity index is 1.87. The average molecular weight is 333 g/mol. The molecule has 1 amide bonds. The van der Waals surface area contributed by atoms with Crippen LogP contribution in [0.4, 0.5) is 0 Å². The molecule has 23 heavy (non-hydrogen) atoms. The molecule has 1 atom stereocenters. The molecule has 0 N–H and O–H groups in total. The maximum atomic E-state index is 12.7. The lowest BCUT2D eigenvalue weighted by atomic mass is 10.1. The predicted molar refractivity (Wildman–Crippen MR) is 86.8 cm³/mol. The predicted octanol–water partition coefficient (Wildman–Crippen LogP) is 2.42. The topological polar surface area (TPSA) is 67.6 Å². The molecule has 2 heterocycles. The largest absolute Gasteiger partial charge is 0.459 e. The zero-order valence-corrected chi connectivity index (χ0v) is 13.8. The quantitative estimate of drug-likeness (QED) is 0.862. The minimum atomic E-state index is -3.07. The second-order valence-corrected chi connectivity index (χ2v) is 8.18. The van der Waals surface area contributed by atoms with E-state index in [4.69, 9.17) is 4.42 Å². The lowest BCUT2D eigenvalue weighted by molar-refractivity contribution is 0.0648. The van der Waals surface area contributed by atoms with Crippen molar-refractivity contribution in [2.45, 2.75) is 25.9 Å². The van der Waals surface area contributed by atoms with Crippen molar-refractivity contribution in [3.63, 3.8) is 0 Å². The number of benzene rings is 1. The average Bonchev–Trinajstić information content (AvgIpc) is 3.15. The summed E-state index contributed by atoms with van der Waals surface area (Å²) in [4.78, 5) is 14.3. The minimum Gasteiger partial charge on any atom is -0.459 e. The highest BCUT2D eigenvalue weighted by atomic mass is 32.2. The van der Waals surface area contributed by atoms with E-state index in [1.54, 1.807) is 17.0 Å². The molecule has 1 aliphatic heterocycles. The van der Waals surface area contributed by atoms with Crippen molar-refractivity contribution < 1.29 is 17.6 Å². The van der Waals surface area contributed by atoms with Crippen molar-refractivity contribution >= 4 is 15.7 Å². The molecule has 6 heteroatoms. The van der Waals surface area contributed by atoms with Crippen molar-refractivity contribution in [2.24, 2.45) is 0 Å². The summed E-state index contributed by atoms with van der Waals surface area (Å²) in [5.74, 6) is 0.123. The Morgan fingerprint density at radius 3 is 2.57 bits per heavy atom. The van der Waals surface area contributed by atoms with Crippen LogP contribution in [-0.2, 0) is 16.4 Å². The van der Waals surface area contributed by atoms with Crippen LogP contribution in [0.3, 0.4) is 0 Å². The highest BCUT2D eigenvalue weighted by Gasteiger charge is 2.35. The Morgan fingerprint density at radius 1 is 1.26 bits per heavy atom. The number of hydrogen-bond donors (Lipinski definition) is 0. The smallest absolute Gasteiger partial charge is 0.290 e. The number of nitrogens with zero attached hydrogens (tertiary/aromatic N) is 1. The SMILES string of the molecule is Cc1ccc(CN(C(=O)c2ccco2)[C@H]2CCS(=O)(=O)C2)cc1. The maximum absolute atomic E-state index is 12.7. The summed E-state index contributed by atoms with van der Waals surface area (Å²) in [5, 5.41) is 0. The van der Waals surface area contributed by atoms with Crippen molar-refractivity contribution in [1.29, 1.82) is 0 Å². The van der Waals surface area contributed by atoms with Crippen molar-refractivity contribution in [1.82, 2.24) is 4.90 Å². The Labute approximate surface area is 135 Å². The summed E-state index contributed by atoms with van der Waals surface area (Å²) in [5.41, 5.74) is 2.11. The van der Waals surface area contributed by atoms with E-state index < -0.39 is 9.84 Å². The van der Waals surface area contributed by atoms with E-state index in [0.29, 0.717) is 13.0 Å². The van der Waals surface area contributed by atoms with Gasteiger partial charge < -0.3 is 9.32 Å². The van der Waals surface area contributed by atoms with Gasteiger partial charge in [-0.25, -0.2) is 8.42 Å². The molecule has 122 valence electrons. The number of furan rings is 1. The zero-order chi connectivity index (χ0) is 16.4. The van der Waals surface area contributed by atoms with E-state index >= 15 is 0 Å². The lowest BCUT2D eigenvalue weighted by Gasteiger charge is -2.27. The molecule has 0 radical (unpaired) electrons. The molecular weight excluding hydrogens is 314 g/mol. The summed E-state index contributed by atoms with van der Waals surface area (Å²) in [6.07, 6.45) is 1.92. The molecule has 3 rings (SSSR count). The summed E-state index contributed by atoms with van der Waals surface area (Å²) in [6.45, 7) is 2.37. The van der Waals surface area contributed by atoms with Gasteiger partial charge in [-0.2, -0.15) is 0 Å². The normalized spacial score (nSPS) is 19.6. The molecule has 0 bridgehead atoms. The minimum absolute atomic E-state index is 0.0192. The van der Waals surface area contributed by atoms with Gasteiger partial charge in [0.2, 0.25) is 0 Å². The van der Waals surface area contributed by atoms with Crippen molar-refractivity contribution in [3.8, 4) is 0 Å². The van der Waals surface area contributed by atoms with Gasteiger partial charge in [0.05, 0.1) is 17.8 Å². The third kappa shape index (κ3) is 3.64. The van der Waals surface area contributed by atoms with E-state index in [1.807, 2.05) is 31.2 Å². The lowest BCUT2D eigenvalue weighted by Crippen LogP contribution is -2.40. The number of sulfone groups is 1. The molecule has 2 aromatic rings. The molecule has 1 saturated heterocycles. The van der Waals surface area contributed by atoms with Crippen LogP contribution in [0.1, 0.15) is 28.1 Å². The Hall–Kier alpha value is -2.08. The van der Waals surface area contributed by atoms with Gasteiger partial charge in [0.1, 0.15) is 0 Å². The third-order valence-corrected chi connectivity index (χ3v) is 5.87. The molecular formula is C17H19NO4S. The fourth-order valence-electron chi connectivity index (χ4n) is 2.82. The van der Waals surface area contributed by atoms with Gasteiger partial charge in [0, 0.05) is 12.6 Å². The molecule has 5 nitrogen and oxygen atoms in total. The summed E-state index contributed by atoms with van der Waals surface area (Å²) in [7, 11) is -3.07. The fraction of sp³-hybridized carbons (Fsp3) is 0.353. The summed E-state index contributed by atoms with van der Waals surface area (Å²) < 4.78 is 28.8. The zero-order valence-electron chi connectivity index (χ0n) is 12.9. The molecule has 0 unspecified atom stereocenters. The van der Waals surface area contributed by atoms with Gasteiger partial charge in [-0.1, -0.05) is 29.8 Å². The summed E-state index contributed by atoms with van der Waals surface area (Å²) >= 11 is 0. The Morgan fingerprint density at radius 2 is 2.00 bits per heavy atom. The van der Waals surface area contributed by atoms with E-state index in [2.05, 4.69) is 0 Å². The molecule has 0 aliphatic carbocycles. The van der Waals surface area contributed by atoms with Crippen LogP contribution in [-0.4, -0.2) is 36.8 Å². The van der Waals surface area contributed by atoms with Crippen LogP contribution in [0.15, 0.2) is 47.1 Å². The van der Waals surface area contributed by atoms with Crippen LogP contribution in [0.2, 0.25) is 0 Å². The third-order valence-electron chi connectivity index (χ3n) is 4.12. The summed E-state index contributed by atoms with van der Waals surface area (Å²) in [6, 6.07) is 10.8. The van der Waals surface area contributed by atoms with E-state index in [0.717, 1.165) is 11.1 Å². The van der Waals surface area contributed by atoms with Crippen molar-refractivity contribution in [3.05, 3.63) is 59.5 Å². The number of hydrogen-bond acceptors (Lipinski definition) is 4. The first-order valence-electron chi connectivity index (χ1n) is 7.55. The first kappa shape index (κ1) is 15.8. The molecule has 1 aliphatic rings. The molecule has 1 fully saturated rings. The van der Waals surface area contributed by atoms with Gasteiger partial charge in [-0.15, -0.1) is 0 Å². The standard InChI is InChI=1S/C17H19NO4S/c1-13-4-6-14(7-5-13)11-18(15-8-10-23(20,21)12-15)17(19)16-3-2-9-22-16/h2-7,9,15H,8,10-12H2,1H3/t15-/m0/s1. The first-order chi connectivity index (χ1) is 10.9. The Bertz CT molecular complexity index is 779. The second kappa shape index (κ2) is 6.20. The number of carbonyl (C=O) groups excluding carboxylic acids is 1. The van der Waals surface area contributed by atoms with Gasteiger partial charge in [0.25, 0.3) is 5.91 Å². The monoisotopic (exact) mass is 333 g/mol. The highest BCUT2D eigenvalue weighted by Crippen LogP contribution is 2.22. The number of aryl methyl sites for hydroxylation is 1. The van der Waals surface area contributed by atoms with Crippen LogP contribution in [0.25, 0.3) is 0 Å². The molecule has 1 aromatic heterocycles. The van der Waals surface area contributed by atoms with Crippen LogP contribution < -0.4 is 0 Å². The second-order valence-electron chi connectivity index (χ2n) is 5.95. The molecule has 0 spiro atoms. The first-order valence-corrected chi connectivity index (χ1v) is 9.37. The van der Waals surface area contributed by atoms with Crippen molar-refractivity contribution in [2.75, 3.05) is 11.5 Å². The van der Waals surface area contributed by atoms with Crippen LogP contribution in [0.5, 0.6) is 0 Å². The number of carbonyl (C=O) groups is 1. The van der Waals surface area contributed by atoms with E-state index in [1.165, 1.54) is 6.26 Å². The molecule has 1 aromatic carbocycles. The number of rotatable bonds is 4. The highest BCUT2D eigenvalue weighted by molar-refractivity contribution is 7.91. The van der Waals surface area contributed by atoms with E-state index in [9.17, 15) is 13.2 Å². The maximum Gasteiger partial charge on any atom is 0.290 e. The number of amides is 1. The molecule has 0 saturated carbocycles. The van der Waals surface area contributed by atoms with Gasteiger partial charge in [-0.05, 0) is 31.0 Å². The van der Waals surface area contributed by atoms with Crippen LogP contribution in [0, 0.1) is 6.92 Å². The van der Waals surface area contributed by atoms with E-state index in [-0.39, 0.29) is 29.2 Å². The van der Waals surface area contributed by atoms with Gasteiger partial charge in [-0.3, -0.25) is 4.79 Å².